The van der Waals surface area contributed by atoms with Crippen molar-refractivity contribution in [2.45, 2.75) is 83.3 Å². The molecule has 1 aliphatic heterocycles. The first-order chi connectivity index (χ1) is 14.6. The van der Waals surface area contributed by atoms with Crippen LogP contribution in [0.25, 0.3) is 0 Å². The molecule has 0 spiro atoms. The van der Waals surface area contributed by atoms with Gasteiger partial charge in [0.05, 0.1) is 12.2 Å². The number of fused-ring (bicyclic) bond motifs is 1. The topological polar surface area (TPSA) is 46.9 Å². The summed E-state index contributed by atoms with van der Waals surface area (Å²) in [7, 11) is 2.22. The molecule has 0 aromatic rings. The molecule has 0 radical (unpaired) electrons. The molecule has 0 bridgehead atoms. The minimum Gasteiger partial charge on any atom is -0.392 e. The summed E-state index contributed by atoms with van der Waals surface area (Å²) < 4.78 is 0. The van der Waals surface area contributed by atoms with Crippen LogP contribution >= 0.6 is 0 Å². The Hall–Kier alpha value is -0.680. The fourth-order valence-corrected chi connectivity index (χ4v) is 5.75. The predicted octanol–water partition coefficient (Wildman–Crippen LogP) is 4.23. The lowest BCUT2D eigenvalue weighted by molar-refractivity contribution is 0.139. The number of aliphatic hydroxyl groups excluding tert-OH is 2. The van der Waals surface area contributed by atoms with Crippen molar-refractivity contribution in [3.63, 3.8) is 0 Å². The highest BCUT2D eigenvalue weighted by molar-refractivity contribution is 5.18. The molecular formula is C26H46N2O2. The standard InChI is InChI=1S/C26H46N2O2/c1-3-4-6-10-23(29)11-12-24-25-19-21(18-22(25)20-26(24)30)9-7-5-8-13-28-16-14-27(2)15-17-28/h9,11-12,22-26,29-30H,3-8,10,13-20H2,1-2H3/b12-11+,21-9+/t22-,23-,24+,25-,26+/m0/s1. The summed E-state index contributed by atoms with van der Waals surface area (Å²) in [4.78, 5) is 5.03. The molecule has 0 aromatic carbocycles. The Bertz CT molecular complexity index is 553. The number of hydrogen-bond donors (Lipinski definition) is 2. The van der Waals surface area contributed by atoms with Crippen molar-refractivity contribution >= 4 is 0 Å². The normalized spacial score (nSPS) is 33.0. The highest BCUT2D eigenvalue weighted by Crippen LogP contribution is 2.50. The first kappa shape index (κ1) is 24.0. The average molecular weight is 419 g/mol. The lowest BCUT2D eigenvalue weighted by atomic mass is 9.90. The Morgan fingerprint density at radius 3 is 2.63 bits per heavy atom. The fraction of sp³-hybridized carbons (Fsp3) is 0.846. The van der Waals surface area contributed by atoms with Crippen molar-refractivity contribution < 1.29 is 10.2 Å². The van der Waals surface area contributed by atoms with E-state index in [-0.39, 0.29) is 18.1 Å². The van der Waals surface area contributed by atoms with E-state index in [1.54, 1.807) is 5.57 Å². The van der Waals surface area contributed by atoms with Gasteiger partial charge in [0, 0.05) is 32.1 Å². The summed E-state index contributed by atoms with van der Waals surface area (Å²) in [5.74, 6) is 1.46. The Morgan fingerprint density at radius 2 is 1.87 bits per heavy atom. The quantitative estimate of drug-likeness (QED) is 0.389. The molecule has 1 saturated heterocycles. The van der Waals surface area contributed by atoms with Crippen LogP contribution in [0.3, 0.4) is 0 Å². The van der Waals surface area contributed by atoms with Gasteiger partial charge in [-0.3, -0.25) is 0 Å². The Labute approximate surface area is 185 Å². The summed E-state index contributed by atoms with van der Waals surface area (Å²) in [6.45, 7) is 8.32. The number of allylic oxidation sites excluding steroid dienone is 2. The highest BCUT2D eigenvalue weighted by Gasteiger charge is 2.44. The third-order valence-corrected chi connectivity index (χ3v) is 7.73. The second kappa shape index (κ2) is 12.4. The molecule has 172 valence electrons. The Kier molecular flexibility index (Phi) is 9.89. The number of nitrogens with zero attached hydrogens (tertiary/aromatic N) is 2. The van der Waals surface area contributed by atoms with E-state index in [9.17, 15) is 10.2 Å². The van der Waals surface area contributed by atoms with Crippen molar-refractivity contribution in [1.29, 1.82) is 0 Å². The number of aliphatic hydroxyl groups is 2. The van der Waals surface area contributed by atoms with Gasteiger partial charge in [-0.1, -0.05) is 50.0 Å². The maximum atomic E-state index is 10.5. The summed E-state index contributed by atoms with van der Waals surface area (Å²) in [6.07, 6.45) is 17.4. The number of unbranched alkanes of at least 4 members (excludes halogenated alkanes) is 4. The van der Waals surface area contributed by atoms with Gasteiger partial charge in [-0.25, -0.2) is 0 Å². The molecule has 3 rings (SSSR count). The zero-order valence-electron chi connectivity index (χ0n) is 19.5. The predicted molar refractivity (Wildman–Crippen MR) is 125 cm³/mol. The number of hydrogen-bond acceptors (Lipinski definition) is 4. The zero-order valence-corrected chi connectivity index (χ0v) is 19.5. The molecule has 3 aliphatic rings. The molecule has 4 nitrogen and oxygen atoms in total. The van der Waals surface area contributed by atoms with Crippen LogP contribution in [0.4, 0.5) is 0 Å². The molecule has 5 atom stereocenters. The zero-order chi connectivity index (χ0) is 21.3. The smallest absolute Gasteiger partial charge is 0.0721 e. The Balaban J connectivity index is 1.36. The van der Waals surface area contributed by atoms with Crippen LogP contribution < -0.4 is 0 Å². The lowest BCUT2D eigenvalue weighted by Crippen LogP contribution is -2.44. The summed E-state index contributed by atoms with van der Waals surface area (Å²) in [5.41, 5.74) is 1.62. The van der Waals surface area contributed by atoms with Gasteiger partial charge in [0.15, 0.2) is 0 Å². The summed E-state index contributed by atoms with van der Waals surface area (Å²) in [5, 5.41) is 20.7. The van der Waals surface area contributed by atoms with Gasteiger partial charge in [-0.15, -0.1) is 0 Å². The SMILES string of the molecule is CCCCC[C@H](O)/C=C/[C@@H]1[C@H]2C/C(=C/CCCCN3CCN(C)CC3)C[C@H]2C[C@H]1O. The number of piperazine rings is 1. The first-order valence-corrected chi connectivity index (χ1v) is 12.7. The van der Waals surface area contributed by atoms with Crippen molar-refractivity contribution in [3.05, 3.63) is 23.8 Å². The molecule has 0 amide bonds. The van der Waals surface area contributed by atoms with Crippen LogP contribution in [0.5, 0.6) is 0 Å². The van der Waals surface area contributed by atoms with E-state index in [4.69, 9.17) is 0 Å². The average Bonchev–Trinajstić information content (AvgIpc) is 3.24. The maximum absolute atomic E-state index is 10.5. The highest BCUT2D eigenvalue weighted by atomic mass is 16.3. The van der Waals surface area contributed by atoms with Gasteiger partial charge in [0.2, 0.25) is 0 Å². The van der Waals surface area contributed by atoms with Crippen LogP contribution in [-0.2, 0) is 0 Å². The minimum absolute atomic E-state index is 0.218. The minimum atomic E-state index is -0.348. The molecular weight excluding hydrogens is 372 g/mol. The third-order valence-electron chi connectivity index (χ3n) is 7.73. The number of rotatable bonds is 11. The van der Waals surface area contributed by atoms with Gasteiger partial charge in [-0.2, -0.15) is 0 Å². The van der Waals surface area contributed by atoms with Gasteiger partial charge in [0.1, 0.15) is 0 Å². The van der Waals surface area contributed by atoms with Gasteiger partial charge in [-0.05, 0) is 70.4 Å². The van der Waals surface area contributed by atoms with E-state index in [0.29, 0.717) is 11.8 Å². The fourth-order valence-electron chi connectivity index (χ4n) is 5.75. The molecule has 2 aliphatic carbocycles. The van der Waals surface area contributed by atoms with Crippen molar-refractivity contribution in [1.82, 2.24) is 9.80 Å². The third kappa shape index (κ3) is 7.19. The van der Waals surface area contributed by atoms with Crippen LogP contribution in [0.15, 0.2) is 23.8 Å². The lowest BCUT2D eigenvalue weighted by Gasteiger charge is -2.32. The van der Waals surface area contributed by atoms with E-state index in [0.717, 1.165) is 25.7 Å². The van der Waals surface area contributed by atoms with Crippen molar-refractivity contribution in [2.75, 3.05) is 39.8 Å². The van der Waals surface area contributed by atoms with E-state index < -0.39 is 0 Å². The van der Waals surface area contributed by atoms with Gasteiger partial charge >= 0.3 is 0 Å². The molecule has 4 heteroatoms. The Morgan fingerprint density at radius 1 is 1.07 bits per heavy atom. The second-order valence-corrected chi connectivity index (χ2v) is 10.2. The monoisotopic (exact) mass is 418 g/mol. The summed E-state index contributed by atoms with van der Waals surface area (Å²) in [6, 6.07) is 0. The van der Waals surface area contributed by atoms with E-state index in [2.05, 4.69) is 35.9 Å². The van der Waals surface area contributed by atoms with Crippen molar-refractivity contribution in [3.8, 4) is 0 Å². The van der Waals surface area contributed by atoms with E-state index in [1.165, 1.54) is 71.2 Å². The number of likely N-dealkylation sites (N-methyl/N-ethyl adjacent to an activating group) is 1. The van der Waals surface area contributed by atoms with Crippen LogP contribution in [-0.4, -0.2) is 72.0 Å². The van der Waals surface area contributed by atoms with Crippen LogP contribution in [0.1, 0.15) is 71.1 Å². The maximum Gasteiger partial charge on any atom is 0.0721 e. The van der Waals surface area contributed by atoms with E-state index >= 15 is 0 Å². The molecule has 3 fully saturated rings. The van der Waals surface area contributed by atoms with Gasteiger partial charge < -0.3 is 20.0 Å². The van der Waals surface area contributed by atoms with Gasteiger partial charge in [0.25, 0.3) is 0 Å². The van der Waals surface area contributed by atoms with E-state index in [1.807, 2.05) is 6.08 Å². The van der Waals surface area contributed by atoms with Crippen LogP contribution in [0, 0.1) is 17.8 Å². The molecule has 2 N–H and O–H groups in total. The molecule has 30 heavy (non-hydrogen) atoms. The largest absolute Gasteiger partial charge is 0.392 e. The molecule has 0 unspecified atom stereocenters. The molecule has 1 heterocycles. The molecule has 2 saturated carbocycles. The summed E-state index contributed by atoms with van der Waals surface area (Å²) >= 11 is 0. The van der Waals surface area contributed by atoms with Crippen LogP contribution in [0.2, 0.25) is 0 Å². The second-order valence-electron chi connectivity index (χ2n) is 10.2. The molecule has 0 aromatic heterocycles. The van der Waals surface area contributed by atoms with Crippen molar-refractivity contribution in [2.24, 2.45) is 17.8 Å². The first-order valence-electron chi connectivity index (χ1n) is 12.7.